The molecule has 2 aromatic carbocycles. The number of rotatable bonds is 3. The number of hydrogen-bond acceptors (Lipinski definition) is 6. The maximum Gasteiger partial charge on any atom is 0.323 e. The van der Waals surface area contributed by atoms with E-state index in [-0.39, 0.29) is 16.1 Å². The van der Waals surface area contributed by atoms with Crippen molar-refractivity contribution in [1.82, 2.24) is 10.3 Å². The summed E-state index contributed by atoms with van der Waals surface area (Å²) in [7, 11) is 0. The van der Waals surface area contributed by atoms with Crippen molar-refractivity contribution in [2.45, 2.75) is 26.2 Å². The normalized spacial score (nSPS) is 14.8. The second kappa shape index (κ2) is 6.16. The first-order chi connectivity index (χ1) is 12.1. The van der Waals surface area contributed by atoms with Crippen LogP contribution in [0.5, 0.6) is 0 Å². The molecule has 1 aromatic heterocycles. The minimum absolute atomic E-state index is 0.0189. The Kier molecular flexibility index (Phi) is 3.83. The summed E-state index contributed by atoms with van der Waals surface area (Å²) in [5.74, 6) is 0. The first-order valence-electron chi connectivity index (χ1n) is 8.41. The molecule has 0 saturated carbocycles. The number of aromatic nitrogens is 2. The van der Waals surface area contributed by atoms with Crippen molar-refractivity contribution in [1.29, 1.82) is 0 Å². The van der Waals surface area contributed by atoms with Gasteiger partial charge in [0.15, 0.2) is 0 Å². The van der Waals surface area contributed by atoms with Gasteiger partial charge in [-0.1, -0.05) is 29.8 Å². The van der Waals surface area contributed by atoms with Crippen LogP contribution in [-0.4, -0.2) is 28.3 Å². The van der Waals surface area contributed by atoms with Crippen molar-refractivity contribution in [3.63, 3.8) is 0 Å². The maximum atomic E-state index is 11.7. The first-order valence-corrected chi connectivity index (χ1v) is 8.41. The Hall–Kier alpha value is -2.96. The maximum absolute atomic E-state index is 11.7. The zero-order valence-electron chi connectivity index (χ0n) is 13.9. The van der Waals surface area contributed by atoms with Gasteiger partial charge in [-0.2, -0.15) is 0 Å². The molecule has 7 nitrogen and oxygen atoms in total. The van der Waals surface area contributed by atoms with Crippen LogP contribution >= 0.6 is 0 Å². The predicted molar refractivity (Wildman–Crippen MR) is 94.7 cm³/mol. The molecule has 0 amide bonds. The fraction of sp³-hybridized carbons (Fsp3) is 0.333. The molecule has 1 fully saturated rings. The van der Waals surface area contributed by atoms with E-state index in [9.17, 15) is 10.1 Å². The van der Waals surface area contributed by atoms with E-state index in [0.717, 1.165) is 49.0 Å². The van der Waals surface area contributed by atoms with Gasteiger partial charge in [-0.15, -0.1) is 0 Å². The van der Waals surface area contributed by atoms with Gasteiger partial charge in [0.2, 0.25) is 5.52 Å². The topological polar surface area (TPSA) is 85.3 Å². The molecule has 1 aliphatic rings. The smallest absolute Gasteiger partial charge is 0.323 e. The molecule has 128 valence electrons. The molecule has 1 saturated heterocycles. The molecule has 0 aliphatic carbocycles. The molecule has 0 radical (unpaired) electrons. The lowest BCUT2D eigenvalue weighted by Gasteiger charge is -2.28. The Labute approximate surface area is 144 Å². The number of nitro benzene ring substituents is 1. The Morgan fingerprint density at radius 2 is 1.88 bits per heavy atom. The summed E-state index contributed by atoms with van der Waals surface area (Å²) in [6.07, 6.45) is 3.22. The van der Waals surface area contributed by atoms with Gasteiger partial charge in [-0.3, -0.25) is 10.1 Å². The number of fused-ring (bicyclic) bond motifs is 1. The van der Waals surface area contributed by atoms with E-state index < -0.39 is 0 Å². The van der Waals surface area contributed by atoms with Crippen LogP contribution in [0.4, 0.5) is 11.4 Å². The molecule has 0 unspecified atom stereocenters. The highest BCUT2D eigenvalue weighted by atomic mass is 16.6. The molecular weight excluding hydrogens is 320 g/mol. The van der Waals surface area contributed by atoms with E-state index in [1.807, 2.05) is 37.3 Å². The lowest BCUT2D eigenvalue weighted by Crippen LogP contribution is -2.30. The summed E-state index contributed by atoms with van der Waals surface area (Å²) in [5.41, 5.74) is 4.10. The van der Waals surface area contributed by atoms with E-state index in [0.29, 0.717) is 11.2 Å². The van der Waals surface area contributed by atoms with Crippen LogP contribution in [0.1, 0.15) is 24.8 Å². The van der Waals surface area contributed by atoms with Crippen molar-refractivity contribution >= 4 is 22.4 Å². The van der Waals surface area contributed by atoms with Crippen molar-refractivity contribution in [3.8, 4) is 11.1 Å². The molecule has 2 heterocycles. The van der Waals surface area contributed by atoms with Gasteiger partial charge in [-0.05, 0) is 48.1 Å². The van der Waals surface area contributed by atoms with Crippen LogP contribution in [0.3, 0.4) is 0 Å². The van der Waals surface area contributed by atoms with Crippen molar-refractivity contribution in [2.75, 3.05) is 18.0 Å². The van der Waals surface area contributed by atoms with Crippen LogP contribution in [0, 0.1) is 17.0 Å². The van der Waals surface area contributed by atoms with Gasteiger partial charge in [0.1, 0.15) is 11.2 Å². The fourth-order valence-corrected chi connectivity index (χ4v) is 3.50. The van der Waals surface area contributed by atoms with E-state index in [1.54, 1.807) is 0 Å². The van der Waals surface area contributed by atoms with Gasteiger partial charge in [0, 0.05) is 18.7 Å². The number of nitro groups is 1. The number of nitrogens with zero attached hydrogens (tertiary/aromatic N) is 4. The zero-order chi connectivity index (χ0) is 17.4. The van der Waals surface area contributed by atoms with Gasteiger partial charge in [-0.25, -0.2) is 4.63 Å². The summed E-state index contributed by atoms with van der Waals surface area (Å²) >= 11 is 0. The highest BCUT2D eigenvalue weighted by molar-refractivity contribution is 6.01. The molecule has 1 aliphatic heterocycles. The van der Waals surface area contributed by atoms with Crippen LogP contribution in [0.15, 0.2) is 35.0 Å². The highest BCUT2D eigenvalue weighted by Gasteiger charge is 2.29. The summed E-state index contributed by atoms with van der Waals surface area (Å²) in [4.78, 5) is 13.4. The predicted octanol–water partition coefficient (Wildman–Crippen LogP) is 4.10. The Bertz CT molecular complexity index is 945. The summed E-state index contributed by atoms with van der Waals surface area (Å²) in [6, 6.07) is 9.85. The standard InChI is InChI=1S/C18H18N4O3/c1-12-6-5-7-13(10-12)14-11-15(21-8-3-2-4-9-21)18(22(23)24)17-16(14)19-25-20-17/h5-7,10-11H,2-4,8-9H2,1H3. The lowest BCUT2D eigenvalue weighted by atomic mass is 9.99. The van der Waals surface area contributed by atoms with Gasteiger partial charge in [0.05, 0.1) is 4.92 Å². The SMILES string of the molecule is Cc1cccc(-c2cc(N3CCCCC3)c([N+](=O)[O-])c3nonc23)c1. The Morgan fingerprint density at radius 1 is 1.12 bits per heavy atom. The van der Waals surface area contributed by atoms with Crippen LogP contribution < -0.4 is 4.90 Å². The first kappa shape index (κ1) is 15.6. The second-order valence-corrected chi connectivity index (χ2v) is 6.43. The molecule has 25 heavy (non-hydrogen) atoms. The van der Waals surface area contributed by atoms with Crippen molar-refractivity contribution in [2.24, 2.45) is 0 Å². The number of anilines is 1. The third-order valence-corrected chi connectivity index (χ3v) is 4.70. The van der Waals surface area contributed by atoms with Gasteiger partial charge in [0.25, 0.3) is 0 Å². The van der Waals surface area contributed by atoms with E-state index in [1.165, 1.54) is 0 Å². The Morgan fingerprint density at radius 3 is 2.60 bits per heavy atom. The number of benzene rings is 2. The minimum atomic E-state index is -0.378. The van der Waals surface area contributed by atoms with E-state index in [4.69, 9.17) is 4.63 Å². The summed E-state index contributed by atoms with van der Waals surface area (Å²) in [5, 5.41) is 19.5. The lowest BCUT2D eigenvalue weighted by molar-refractivity contribution is -0.382. The average Bonchev–Trinajstić information content (AvgIpc) is 3.10. The van der Waals surface area contributed by atoms with Crippen LogP contribution in [-0.2, 0) is 0 Å². The fourth-order valence-electron chi connectivity index (χ4n) is 3.50. The second-order valence-electron chi connectivity index (χ2n) is 6.43. The summed E-state index contributed by atoms with van der Waals surface area (Å²) in [6.45, 7) is 3.63. The third-order valence-electron chi connectivity index (χ3n) is 4.70. The molecule has 0 spiro atoms. The van der Waals surface area contributed by atoms with Crippen LogP contribution in [0.2, 0.25) is 0 Å². The third kappa shape index (κ3) is 2.71. The van der Waals surface area contributed by atoms with E-state index >= 15 is 0 Å². The Balaban J connectivity index is 1.99. The largest absolute Gasteiger partial charge is 0.366 e. The number of aryl methyl sites for hydroxylation is 1. The number of piperidine rings is 1. The monoisotopic (exact) mass is 338 g/mol. The number of hydrogen-bond donors (Lipinski definition) is 0. The van der Waals surface area contributed by atoms with Crippen LogP contribution in [0.25, 0.3) is 22.2 Å². The highest BCUT2D eigenvalue weighted by Crippen LogP contribution is 2.41. The average molecular weight is 338 g/mol. The van der Waals surface area contributed by atoms with Gasteiger partial charge < -0.3 is 4.90 Å². The summed E-state index contributed by atoms with van der Waals surface area (Å²) < 4.78 is 4.87. The van der Waals surface area contributed by atoms with Crippen molar-refractivity contribution in [3.05, 3.63) is 46.0 Å². The molecule has 3 aromatic rings. The quantitative estimate of drug-likeness (QED) is 0.528. The molecule has 0 atom stereocenters. The van der Waals surface area contributed by atoms with Crippen molar-refractivity contribution < 1.29 is 9.55 Å². The van der Waals surface area contributed by atoms with Gasteiger partial charge >= 0.3 is 5.69 Å². The minimum Gasteiger partial charge on any atom is -0.366 e. The molecule has 7 heteroatoms. The zero-order valence-corrected chi connectivity index (χ0v) is 13.9. The molecule has 0 bridgehead atoms. The molecular formula is C18H18N4O3. The molecule has 4 rings (SSSR count). The van der Waals surface area contributed by atoms with E-state index in [2.05, 4.69) is 15.2 Å². The molecule has 0 N–H and O–H groups in total.